The highest BCUT2D eigenvalue weighted by molar-refractivity contribution is 5.94. The minimum absolute atomic E-state index is 0.232. The quantitative estimate of drug-likeness (QED) is 0.636. The van der Waals surface area contributed by atoms with E-state index < -0.39 is 6.04 Å². The zero-order valence-electron chi connectivity index (χ0n) is 17.7. The average Bonchev–Trinajstić information content (AvgIpc) is 3.09. The van der Waals surface area contributed by atoms with Gasteiger partial charge in [-0.25, -0.2) is 9.78 Å². The van der Waals surface area contributed by atoms with E-state index >= 15 is 0 Å². The molecule has 0 saturated carbocycles. The highest BCUT2D eigenvalue weighted by atomic mass is 16.5. The van der Waals surface area contributed by atoms with Crippen molar-refractivity contribution in [1.82, 2.24) is 9.55 Å². The zero-order chi connectivity index (χ0) is 21.4. The number of carbonyl (C=O) groups excluding carboxylic acids is 1. The molecule has 7 heteroatoms. The van der Waals surface area contributed by atoms with Crippen LogP contribution in [-0.2, 0) is 9.53 Å². The van der Waals surface area contributed by atoms with Crippen LogP contribution in [0.25, 0.3) is 11.0 Å². The Morgan fingerprint density at radius 2 is 1.83 bits per heavy atom. The molecule has 156 valence electrons. The van der Waals surface area contributed by atoms with Crippen molar-refractivity contribution in [3.05, 3.63) is 59.3 Å². The third-order valence-corrected chi connectivity index (χ3v) is 5.12. The summed E-state index contributed by atoms with van der Waals surface area (Å²) < 4.78 is 18.5. The van der Waals surface area contributed by atoms with E-state index in [1.807, 2.05) is 67.8 Å². The summed E-state index contributed by atoms with van der Waals surface area (Å²) in [5.41, 5.74) is 3.88. The molecule has 3 aromatic rings. The number of allylic oxidation sites excluding steroid dienone is 1. The molecule has 7 nitrogen and oxygen atoms in total. The molecule has 30 heavy (non-hydrogen) atoms. The van der Waals surface area contributed by atoms with Crippen molar-refractivity contribution in [2.45, 2.75) is 32.9 Å². The van der Waals surface area contributed by atoms with Crippen molar-refractivity contribution >= 4 is 23.0 Å². The molecule has 1 atom stereocenters. The number of methoxy groups -OCH3 is 2. The van der Waals surface area contributed by atoms with Gasteiger partial charge in [-0.2, -0.15) is 0 Å². The van der Waals surface area contributed by atoms with Gasteiger partial charge in [0.15, 0.2) is 11.5 Å². The van der Waals surface area contributed by atoms with Gasteiger partial charge in [0.25, 0.3) is 0 Å². The Bertz CT molecular complexity index is 1150. The van der Waals surface area contributed by atoms with E-state index in [1.54, 1.807) is 14.2 Å². The Kier molecular flexibility index (Phi) is 5.11. The first-order chi connectivity index (χ1) is 14.4. The minimum atomic E-state index is -0.431. The van der Waals surface area contributed by atoms with E-state index in [0.717, 1.165) is 16.6 Å². The van der Waals surface area contributed by atoms with Gasteiger partial charge in [0.2, 0.25) is 5.95 Å². The van der Waals surface area contributed by atoms with E-state index in [4.69, 9.17) is 19.2 Å². The minimum Gasteiger partial charge on any atom is -0.493 e. The van der Waals surface area contributed by atoms with Crippen LogP contribution in [0.3, 0.4) is 0 Å². The van der Waals surface area contributed by atoms with E-state index in [-0.39, 0.29) is 12.1 Å². The predicted molar refractivity (Wildman–Crippen MR) is 115 cm³/mol. The van der Waals surface area contributed by atoms with Crippen LogP contribution in [0, 0.1) is 0 Å². The number of fused-ring (bicyclic) bond motifs is 3. The van der Waals surface area contributed by atoms with Crippen molar-refractivity contribution in [1.29, 1.82) is 0 Å². The molecule has 1 N–H and O–H groups in total. The first kappa shape index (κ1) is 19.8. The van der Waals surface area contributed by atoms with Crippen molar-refractivity contribution in [3.63, 3.8) is 0 Å². The largest absolute Gasteiger partial charge is 0.493 e. The number of nitrogens with zero attached hydrogens (tertiary/aromatic N) is 2. The molecule has 0 radical (unpaired) electrons. The van der Waals surface area contributed by atoms with E-state index in [2.05, 4.69) is 5.32 Å². The standard InChI is InChI=1S/C23H25N3O4/c1-13(2)30-22(27)20-14(3)24-23-25-16-8-6-7-9-17(16)26(23)21(20)15-10-11-18(28-4)19(12-15)29-5/h6-13,21H,1-5H3,(H,24,25). The Morgan fingerprint density at radius 1 is 1.10 bits per heavy atom. The van der Waals surface area contributed by atoms with Crippen molar-refractivity contribution in [2.24, 2.45) is 0 Å². The first-order valence-electron chi connectivity index (χ1n) is 9.82. The fourth-order valence-corrected chi connectivity index (χ4v) is 3.84. The van der Waals surface area contributed by atoms with Gasteiger partial charge in [-0.1, -0.05) is 18.2 Å². The SMILES string of the molecule is COc1ccc(C2C(C(=O)OC(C)C)=C(C)Nc3nc4ccccc4n32)cc1OC. The molecule has 0 spiro atoms. The zero-order valence-corrected chi connectivity index (χ0v) is 17.7. The molecule has 2 heterocycles. The number of benzene rings is 2. The molecular formula is C23H25N3O4. The summed E-state index contributed by atoms with van der Waals surface area (Å²) in [6, 6.07) is 13.1. The molecule has 4 rings (SSSR count). The van der Waals surface area contributed by atoms with Gasteiger partial charge in [-0.3, -0.25) is 4.57 Å². The van der Waals surface area contributed by atoms with Gasteiger partial charge in [-0.05, 0) is 50.6 Å². The number of hydrogen-bond donors (Lipinski definition) is 1. The maximum absolute atomic E-state index is 13.1. The maximum Gasteiger partial charge on any atom is 0.338 e. The Balaban J connectivity index is 1.96. The van der Waals surface area contributed by atoms with Gasteiger partial charge in [0.05, 0.1) is 43.0 Å². The summed E-state index contributed by atoms with van der Waals surface area (Å²) in [5, 5.41) is 3.28. The Labute approximate surface area is 175 Å². The number of aromatic nitrogens is 2. The van der Waals surface area contributed by atoms with Crippen LogP contribution >= 0.6 is 0 Å². The second kappa shape index (κ2) is 7.74. The fourth-order valence-electron chi connectivity index (χ4n) is 3.84. The van der Waals surface area contributed by atoms with Gasteiger partial charge in [0.1, 0.15) is 0 Å². The Morgan fingerprint density at radius 3 is 2.53 bits per heavy atom. The molecule has 1 aliphatic heterocycles. The number of imidazole rings is 1. The van der Waals surface area contributed by atoms with Crippen LogP contribution in [0.15, 0.2) is 53.7 Å². The molecule has 1 aliphatic rings. The molecule has 2 aromatic carbocycles. The van der Waals surface area contributed by atoms with E-state index in [9.17, 15) is 4.79 Å². The summed E-state index contributed by atoms with van der Waals surface area (Å²) in [5.74, 6) is 1.53. The molecule has 0 aliphatic carbocycles. The number of nitrogens with one attached hydrogen (secondary N) is 1. The van der Waals surface area contributed by atoms with Crippen LogP contribution in [0.4, 0.5) is 5.95 Å². The normalized spacial score (nSPS) is 15.7. The van der Waals surface area contributed by atoms with Crippen molar-refractivity contribution in [3.8, 4) is 11.5 Å². The number of esters is 1. The van der Waals surface area contributed by atoms with E-state index in [1.165, 1.54) is 0 Å². The number of anilines is 1. The second-order valence-corrected chi connectivity index (χ2v) is 7.43. The van der Waals surface area contributed by atoms with Crippen LogP contribution in [0.1, 0.15) is 32.4 Å². The van der Waals surface area contributed by atoms with Crippen molar-refractivity contribution < 1.29 is 19.0 Å². The molecule has 0 bridgehead atoms. The van der Waals surface area contributed by atoms with Gasteiger partial charge in [0, 0.05) is 5.70 Å². The monoisotopic (exact) mass is 407 g/mol. The molecule has 1 unspecified atom stereocenters. The Hall–Kier alpha value is -3.48. The maximum atomic E-state index is 13.1. The van der Waals surface area contributed by atoms with Crippen molar-refractivity contribution in [2.75, 3.05) is 19.5 Å². The van der Waals surface area contributed by atoms with Gasteiger partial charge < -0.3 is 19.5 Å². The lowest BCUT2D eigenvalue weighted by Gasteiger charge is -2.31. The lowest BCUT2D eigenvalue weighted by Crippen LogP contribution is -2.30. The summed E-state index contributed by atoms with van der Waals surface area (Å²) in [6.07, 6.45) is -0.232. The molecular weight excluding hydrogens is 382 g/mol. The number of rotatable bonds is 5. The average molecular weight is 407 g/mol. The smallest absolute Gasteiger partial charge is 0.338 e. The summed E-state index contributed by atoms with van der Waals surface area (Å²) in [4.78, 5) is 17.9. The summed E-state index contributed by atoms with van der Waals surface area (Å²) in [7, 11) is 3.19. The molecule has 0 fully saturated rings. The van der Waals surface area contributed by atoms with Crippen LogP contribution in [0.2, 0.25) is 0 Å². The van der Waals surface area contributed by atoms with Gasteiger partial charge in [-0.15, -0.1) is 0 Å². The van der Waals surface area contributed by atoms with Crippen LogP contribution in [-0.4, -0.2) is 35.8 Å². The highest BCUT2D eigenvalue weighted by Gasteiger charge is 2.35. The lowest BCUT2D eigenvalue weighted by molar-refractivity contribution is -0.143. The topological polar surface area (TPSA) is 74.6 Å². The number of ether oxygens (including phenoxy) is 3. The fraction of sp³-hybridized carbons (Fsp3) is 0.304. The third-order valence-electron chi connectivity index (χ3n) is 5.12. The van der Waals surface area contributed by atoms with Crippen LogP contribution < -0.4 is 14.8 Å². The van der Waals surface area contributed by atoms with E-state index in [0.29, 0.717) is 28.7 Å². The van der Waals surface area contributed by atoms with Gasteiger partial charge >= 0.3 is 5.97 Å². The van der Waals surface area contributed by atoms with Crippen LogP contribution in [0.5, 0.6) is 11.5 Å². The summed E-state index contributed by atoms with van der Waals surface area (Å²) >= 11 is 0. The lowest BCUT2D eigenvalue weighted by atomic mass is 9.94. The molecule has 0 saturated heterocycles. The number of hydrogen-bond acceptors (Lipinski definition) is 6. The second-order valence-electron chi connectivity index (χ2n) is 7.43. The predicted octanol–water partition coefficient (Wildman–Crippen LogP) is 4.29. The molecule has 1 aromatic heterocycles. The third kappa shape index (κ3) is 3.26. The highest BCUT2D eigenvalue weighted by Crippen LogP contribution is 2.41. The molecule has 0 amide bonds. The summed E-state index contributed by atoms with van der Waals surface area (Å²) in [6.45, 7) is 5.55. The number of carbonyl (C=O) groups is 1. The first-order valence-corrected chi connectivity index (χ1v) is 9.82. The number of para-hydroxylation sites is 2.